The third-order valence-electron chi connectivity index (χ3n) is 1.72. The van der Waals surface area contributed by atoms with Crippen LogP contribution < -0.4 is 5.32 Å². The maximum atomic E-state index is 11.2. The third kappa shape index (κ3) is 7.17. The minimum atomic E-state index is -0.377. The second kappa shape index (κ2) is 9.30. The number of rotatable bonds is 8. The molecule has 0 saturated carbocycles. The second-order valence-corrected chi connectivity index (χ2v) is 4.08. The average molecular weight is 221 g/mol. The lowest BCUT2D eigenvalue weighted by Crippen LogP contribution is -2.35. The van der Waals surface area contributed by atoms with Crippen LogP contribution in [0, 0.1) is 0 Å². The lowest BCUT2D eigenvalue weighted by Gasteiger charge is -2.09. The standard InChI is InChI=1S/C9H19NO3S/c1-8(13-2)9(12)10-4-7-14-6-3-5-11/h8,11H,3-7H2,1-2H3,(H,10,12). The van der Waals surface area contributed by atoms with Gasteiger partial charge in [-0.05, 0) is 19.1 Å². The lowest BCUT2D eigenvalue weighted by atomic mass is 10.4. The number of ether oxygens (including phenoxy) is 1. The Kier molecular flexibility index (Phi) is 9.13. The normalized spacial score (nSPS) is 12.5. The summed E-state index contributed by atoms with van der Waals surface area (Å²) >= 11 is 1.72. The molecular weight excluding hydrogens is 202 g/mol. The Bertz CT molecular complexity index is 155. The van der Waals surface area contributed by atoms with Gasteiger partial charge in [-0.2, -0.15) is 11.8 Å². The molecule has 2 N–H and O–H groups in total. The monoisotopic (exact) mass is 221 g/mol. The van der Waals surface area contributed by atoms with E-state index in [-0.39, 0.29) is 18.6 Å². The molecule has 0 bridgehead atoms. The van der Waals surface area contributed by atoms with Crippen LogP contribution in [0.5, 0.6) is 0 Å². The molecule has 4 nitrogen and oxygen atoms in total. The van der Waals surface area contributed by atoms with Crippen LogP contribution in [0.1, 0.15) is 13.3 Å². The van der Waals surface area contributed by atoms with Gasteiger partial charge in [0.2, 0.25) is 5.91 Å². The van der Waals surface area contributed by atoms with Crippen molar-refractivity contribution in [2.24, 2.45) is 0 Å². The Balaban J connectivity index is 3.23. The van der Waals surface area contributed by atoms with Crippen LogP contribution in [0.2, 0.25) is 0 Å². The van der Waals surface area contributed by atoms with Gasteiger partial charge in [0.15, 0.2) is 0 Å². The molecule has 0 fully saturated rings. The van der Waals surface area contributed by atoms with Gasteiger partial charge in [0, 0.05) is 26.0 Å². The molecule has 0 aromatic carbocycles. The second-order valence-electron chi connectivity index (χ2n) is 2.86. The van der Waals surface area contributed by atoms with E-state index in [2.05, 4.69) is 5.32 Å². The zero-order valence-electron chi connectivity index (χ0n) is 8.78. The zero-order chi connectivity index (χ0) is 10.8. The molecule has 0 heterocycles. The van der Waals surface area contributed by atoms with Crippen molar-refractivity contribution in [3.05, 3.63) is 0 Å². The van der Waals surface area contributed by atoms with Crippen molar-refractivity contribution in [3.8, 4) is 0 Å². The first-order valence-electron chi connectivity index (χ1n) is 4.71. The summed E-state index contributed by atoms with van der Waals surface area (Å²) in [7, 11) is 1.51. The summed E-state index contributed by atoms with van der Waals surface area (Å²) < 4.78 is 4.86. The summed E-state index contributed by atoms with van der Waals surface area (Å²) in [6.45, 7) is 2.61. The number of carbonyl (C=O) groups is 1. The van der Waals surface area contributed by atoms with Crippen LogP contribution in [-0.2, 0) is 9.53 Å². The largest absolute Gasteiger partial charge is 0.396 e. The van der Waals surface area contributed by atoms with Crippen molar-refractivity contribution < 1.29 is 14.6 Å². The first-order valence-corrected chi connectivity index (χ1v) is 5.87. The Morgan fingerprint density at radius 2 is 2.29 bits per heavy atom. The quantitative estimate of drug-likeness (QED) is 0.577. The maximum absolute atomic E-state index is 11.2. The van der Waals surface area contributed by atoms with E-state index in [0.717, 1.165) is 17.9 Å². The fourth-order valence-electron chi connectivity index (χ4n) is 0.766. The average Bonchev–Trinajstić information content (AvgIpc) is 2.21. The molecule has 1 atom stereocenters. The van der Waals surface area contributed by atoms with E-state index in [0.29, 0.717) is 6.54 Å². The van der Waals surface area contributed by atoms with Crippen LogP contribution in [-0.4, -0.2) is 48.9 Å². The fraction of sp³-hybridized carbons (Fsp3) is 0.889. The fourth-order valence-corrected chi connectivity index (χ4v) is 1.55. The van der Waals surface area contributed by atoms with Gasteiger partial charge in [0.1, 0.15) is 6.10 Å². The molecule has 5 heteroatoms. The number of aliphatic hydroxyl groups is 1. The van der Waals surface area contributed by atoms with Gasteiger partial charge in [-0.15, -0.1) is 0 Å². The predicted octanol–water partition coefficient (Wildman–Crippen LogP) is 0.253. The van der Waals surface area contributed by atoms with Crippen molar-refractivity contribution >= 4 is 17.7 Å². The van der Waals surface area contributed by atoms with E-state index in [9.17, 15) is 4.79 Å². The highest BCUT2D eigenvalue weighted by Gasteiger charge is 2.09. The van der Waals surface area contributed by atoms with Crippen LogP contribution in [0.15, 0.2) is 0 Å². The number of carbonyl (C=O) groups excluding carboxylic acids is 1. The van der Waals surface area contributed by atoms with Gasteiger partial charge in [-0.25, -0.2) is 0 Å². The molecule has 0 aromatic heterocycles. The number of hydrogen-bond acceptors (Lipinski definition) is 4. The molecule has 0 rings (SSSR count). The molecule has 0 aromatic rings. The molecule has 1 amide bonds. The van der Waals surface area contributed by atoms with Crippen LogP contribution >= 0.6 is 11.8 Å². The third-order valence-corrected chi connectivity index (χ3v) is 2.79. The Morgan fingerprint density at radius 1 is 1.57 bits per heavy atom. The maximum Gasteiger partial charge on any atom is 0.248 e. The molecular formula is C9H19NO3S. The Labute approximate surface area is 89.4 Å². The summed E-state index contributed by atoms with van der Waals surface area (Å²) in [6, 6.07) is 0. The topological polar surface area (TPSA) is 58.6 Å². The molecule has 0 saturated heterocycles. The van der Waals surface area contributed by atoms with Gasteiger partial charge >= 0.3 is 0 Å². The Morgan fingerprint density at radius 3 is 2.86 bits per heavy atom. The molecule has 0 aliphatic carbocycles. The smallest absolute Gasteiger partial charge is 0.248 e. The van der Waals surface area contributed by atoms with Crippen LogP contribution in [0.4, 0.5) is 0 Å². The molecule has 84 valence electrons. The van der Waals surface area contributed by atoms with Crippen molar-refractivity contribution in [1.29, 1.82) is 0 Å². The predicted molar refractivity (Wildman–Crippen MR) is 58.5 cm³/mol. The number of thioether (sulfide) groups is 1. The highest BCUT2D eigenvalue weighted by atomic mass is 32.2. The van der Waals surface area contributed by atoms with E-state index in [4.69, 9.17) is 9.84 Å². The van der Waals surface area contributed by atoms with Crippen molar-refractivity contribution in [3.63, 3.8) is 0 Å². The van der Waals surface area contributed by atoms with E-state index >= 15 is 0 Å². The summed E-state index contributed by atoms with van der Waals surface area (Å²) in [5, 5.41) is 11.3. The van der Waals surface area contributed by atoms with Gasteiger partial charge in [-0.1, -0.05) is 0 Å². The van der Waals surface area contributed by atoms with Crippen molar-refractivity contribution in [1.82, 2.24) is 5.32 Å². The molecule has 1 unspecified atom stereocenters. The molecule has 14 heavy (non-hydrogen) atoms. The lowest BCUT2D eigenvalue weighted by molar-refractivity contribution is -0.129. The molecule has 0 aliphatic heterocycles. The number of amides is 1. The van der Waals surface area contributed by atoms with Crippen LogP contribution in [0.25, 0.3) is 0 Å². The minimum absolute atomic E-state index is 0.0738. The van der Waals surface area contributed by atoms with Gasteiger partial charge in [0.05, 0.1) is 0 Å². The number of aliphatic hydroxyl groups excluding tert-OH is 1. The molecule has 0 aliphatic rings. The Hall–Kier alpha value is -0.260. The van der Waals surface area contributed by atoms with E-state index in [1.54, 1.807) is 18.7 Å². The number of methoxy groups -OCH3 is 1. The van der Waals surface area contributed by atoms with Gasteiger partial charge < -0.3 is 15.2 Å². The van der Waals surface area contributed by atoms with Crippen molar-refractivity contribution in [2.45, 2.75) is 19.4 Å². The summed E-state index contributed by atoms with van der Waals surface area (Å²) in [6.07, 6.45) is 0.435. The summed E-state index contributed by atoms with van der Waals surface area (Å²) in [4.78, 5) is 11.2. The highest BCUT2D eigenvalue weighted by Crippen LogP contribution is 2.00. The first kappa shape index (κ1) is 13.7. The van der Waals surface area contributed by atoms with E-state index < -0.39 is 0 Å². The molecule has 0 spiro atoms. The summed E-state index contributed by atoms with van der Waals surface area (Å²) in [5.41, 5.74) is 0. The number of hydrogen-bond donors (Lipinski definition) is 2. The van der Waals surface area contributed by atoms with Gasteiger partial charge in [0.25, 0.3) is 0 Å². The first-order chi connectivity index (χ1) is 6.72. The van der Waals surface area contributed by atoms with Gasteiger partial charge in [-0.3, -0.25) is 4.79 Å². The zero-order valence-corrected chi connectivity index (χ0v) is 9.60. The van der Waals surface area contributed by atoms with Crippen molar-refractivity contribution in [2.75, 3.05) is 31.8 Å². The number of nitrogens with one attached hydrogen (secondary N) is 1. The van der Waals surface area contributed by atoms with E-state index in [1.165, 1.54) is 7.11 Å². The SMILES string of the molecule is COC(C)C(=O)NCCSCCCO. The highest BCUT2D eigenvalue weighted by molar-refractivity contribution is 7.99. The van der Waals surface area contributed by atoms with Crippen LogP contribution in [0.3, 0.4) is 0 Å². The van der Waals surface area contributed by atoms with E-state index in [1.807, 2.05) is 0 Å². The summed E-state index contributed by atoms with van der Waals surface area (Å²) in [5.74, 6) is 1.74. The minimum Gasteiger partial charge on any atom is -0.396 e. The molecule has 0 radical (unpaired) electrons.